The number of unbranched alkanes of at least 4 members (excludes halogenated alkanes) is 1. The highest BCUT2D eigenvalue weighted by atomic mass is 32.2. The zero-order chi connectivity index (χ0) is 11.5. The molecule has 16 heavy (non-hydrogen) atoms. The number of nitrogens with two attached hydrogens (primary N) is 1. The monoisotopic (exact) mass is 243 g/mol. The van der Waals surface area contributed by atoms with E-state index >= 15 is 0 Å². The van der Waals surface area contributed by atoms with Crippen molar-refractivity contribution in [1.29, 1.82) is 0 Å². The highest BCUT2D eigenvalue weighted by Gasteiger charge is 2.42. The molecule has 0 spiro atoms. The van der Waals surface area contributed by atoms with Crippen LogP contribution < -0.4 is 16.4 Å². The molecule has 4 N–H and O–H groups in total. The molecule has 5 nitrogen and oxygen atoms in total. The second-order valence-electron chi connectivity index (χ2n) is 4.33. The number of carbonyl (C=O) groups excluding carboxylic acids is 2. The number of carbonyl (C=O) groups is 2. The van der Waals surface area contributed by atoms with Crippen molar-refractivity contribution in [2.24, 2.45) is 5.73 Å². The number of hydrogen-bond acceptors (Lipinski definition) is 3. The first kappa shape index (κ1) is 11.6. The van der Waals surface area contributed by atoms with Crippen molar-refractivity contribution >= 4 is 23.7 Å². The van der Waals surface area contributed by atoms with Gasteiger partial charge < -0.3 is 16.4 Å². The quantitative estimate of drug-likeness (QED) is 0.476. The van der Waals surface area contributed by atoms with E-state index in [1.165, 1.54) is 0 Å². The molecule has 3 atom stereocenters. The van der Waals surface area contributed by atoms with Gasteiger partial charge in [0.15, 0.2) is 0 Å². The summed E-state index contributed by atoms with van der Waals surface area (Å²) in [6, 6.07) is 0.516. The van der Waals surface area contributed by atoms with Gasteiger partial charge in [0.2, 0.25) is 5.91 Å². The SMILES string of the molecule is NC(=O)CCCC[C@@H]1SCC2NC(=O)N[C@@H]21. The molecule has 0 aromatic carbocycles. The van der Waals surface area contributed by atoms with Crippen LogP contribution in [0.3, 0.4) is 0 Å². The van der Waals surface area contributed by atoms with E-state index in [0.717, 1.165) is 25.0 Å². The van der Waals surface area contributed by atoms with Gasteiger partial charge in [0, 0.05) is 17.4 Å². The average Bonchev–Trinajstić information content (AvgIpc) is 2.72. The lowest BCUT2D eigenvalue weighted by molar-refractivity contribution is -0.118. The van der Waals surface area contributed by atoms with Gasteiger partial charge in [-0.3, -0.25) is 4.79 Å². The maximum atomic E-state index is 11.1. The highest BCUT2D eigenvalue weighted by Crippen LogP contribution is 2.33. The van der Waals surface area contributed by atoms with Crippen molar-refractivity contribution in [1.82, 2.24) is 10.6 Å². The summed E-state index contributed by atoms with van der Waals surface area (Å²) in [5.74, 6) is 0.761. The van der Waals surface area contributed by atoms with Gasteiger partial charge in [-0.05, 0) is 12.8 Å². The van der Waals surface area contributed by atoms with Crippen LogP contribution in [-0.2, 0) is 4.79 Å². The van der Waals surface area contributed by atoms with Crippen LogP contribution in [0.4, 0.5) is 4.79 Å². The number of primary amides is 1. The topological polar surface area (TPSA) is 84.2 Å². The molecule has 0 aliphatic carbocycles. The van der Waals surface area contributed by atoms with Crippen molar-refractivity contribution in [3.8, 4) is 0 Å². The summed E-state index contributed by atoms with van der Waals surface area (Å²) in [6.07, 6.45) is 3.36. The van der Waals surface area contributed by atoms with Crippen molar-refractivity contribution < 1.29 is 9.59 Å². The zero-order valence-electron chi connectivity index (χ0n) is 9.07. The Bertz CT molecular complexity index is 298. The Kier molecular flexibility index (Phi) is 3.58. The Balaban J connectivity index is 1.70. The molecule has 90 valence electrons. The summed E-state index contributed by atoms with van der Waals surface area (Å²) in [7, 11) is 0. The van der Waals surface area contributed by atoms with Gasteiger partial charge >= 0.3 is 6.03 Å². The predicted molar refractivity (Wildman–Crippen MR) is 63.2 cm³/mol. The summed E-state index contributed by atoms with van der Waals surface area (Å²) in [5.41, 5.74) is 5.08. The van der Waals surface area contributed by atoms with E-state index in [9.17, 15) is 9.59 Å². The summed E-state index contributed by atoms with van der Waals surface area (Å²) in [4.78, 5) is 21.7. The van der Waals surface area contributed by atoms with Gasteiger partial charge in [-0.25, -0.2) is 4.79 Å². The average molecular weight is 243 g/mol. The third kappa shape index (κ3) is 2.61. The molecule has 2 saturated heterocycles. The van der Waals surface area contributed by atoms with E-state index in [4.69, 9.17) is 5.73 Å². The summed E-state index contributed by atoms with van der Waals surface area (Å²) in [6.45, 7) is 0. The Labute approximate surface area is 98.9 Å². The van der Waals surface area contributed by atoms with Crippen molar-refractivity contribution in [2.75, 3.05) is 5.75 Å². The van der Waals surface area contributed by atoms with Crippen molar-refractivity contribution in [3.05, 3.63) is 0 Å². The van der Waals surface area contributed by atoms with E-state index in [2.05, 4.69) is 10.6 Å². The number of hydrogen-bond donors (Lipinski definition) is 3. The fourth-order valence-corrected chi connectivity index (χ4v) is 3.83. The van der Waals surface area contributed by atoms with E-state index in [-0.39, 0.29) is 18.0 Å². The first-order chi connectivity index (χ1) is 7.66. The van der Waals surface area contributed by atoms with E-state index in [1.807, 2.05) is 11.8 Å². The number of urea groups is 1. The highest BCUT2D eigenvalue weighted by molar-refractivity contribution is 8.00. The minimum absolute atomic E-state index is 0.0440. The smallest absolute Gasteiger partial charge is 0.315 e. The van der Waals surface area contributed by atoms with Gasteiger partial charge in [-0.15, -0.1) is 0 Å². The van der Waals surface area contributed by atoms with Crippen LogP contribution in [-0.4, -0.2) is 35.0 Å². The molecule has 2 aliphatic rings. The Morgan fingerprint density at radius 1 is 1.44 bits per heavy atom. The molecule has 0 aromatic heterocycles. The van der Waals surface area contributed by atoms with Crippen LogP contribution in [0.25, 0.3) is 0 Å². The second kappa shape index (κ2) is 4.95. The number of fused-ring (bicyclic) bond motifs is 1. The third-order valence-corrected chi connectivity index (χ3v) is 4.61. The molecular formula is C10H17N3O2S. The van der Waals surface area contributed by atoms with Crippen LogP contribution in [0.5, 0.6) is 0 Å². The lowest BCUT2D eigenvalue weighted by Crippen LogP contribution is -2.36. The van der Waals surface area contributed by atoms with Gasteiger partial charge in [0.1, 0.15) is 0 Å². The van der Waals surface area contributed by atoms with E-state index in [1.54, 1.807) is 0 Å². The van der Waals surface area contributed by atoms with Gasteiger partial charge in [-0.2, -0.15) is 11.8 Å². The molecule has 2 heterocycles. The van der Waals surface area contributed by atoms with Gasteiger partial charge in [0.25, 0.3) is 0 Å². The number of nitrogens with one attached hydrogen (secondary N) is 2. The van der Waals surface area contributed by atoms with Crippen LogP contribution in [0, 0.1) is 0 Å². The van der Waals surface area contributed by atoms with Crippen LogP contribution in [0.2, 0.25) is 0 Å². The first-order valence-corrected chi connectivity index (χ1v) is 6.68. The number of rotatable bonds is 5. The largest absolute Gasteiger partial charge is 0.370 e. The van der Waals surface area contributed by atoms with Gasteiger partial charge in [-0.1, -0.05) is 6.42 Å². The predicted octanol–water partition coefficient (Wildman–Crippen LogP) is 0.197. The fourth-order valence-electron chi connectivity index (χ4n) is 2.29. The van der Waals surface area contributed by atoms with Crippen LogP contribution in [0.1, 0.15) is 25.7 Å². The minimum Gasteiger partial charge on any atom is -0.370 e. The molecule has 6 heteroatoms. The maximum Gasteiger partial charge on any atom is 0.315 e. The Morgan fingerprint density at radius 2 is 2.25 bits per heavy atom. The molecule has 0 aromatic rings. The second-order valence-corrected chi connectivity index (χ2v) is 5.61. The molecule has 2 fully saturated rings. The lowest BCUT2D eigenvalue weighted by Gasteiger charge is -2.16. The van der Waals surface area contributed by atoms with E-state index in [0.29, 0.717) is 17.7 Å². The normalized spacial score (nSPS) is 32.0. The molecular weight excluding hydrogens is 226 g/mol. The van der Waals surface area contributed by atoms with Crippen LogP contribution in [0.15, 0.2) is 0 Å². The first-order valence-electron chi connectivity index (χ1n) is 5.64. The Morgan fingerprint density at radius 3 is 3.00 bits per heavy atom. The Hall–Kier alpha value is -0.910. The molecule has 2 rings (SSSR count). The lowest BCUT2D eigenvalue weighted by atomic mass is 10.0. The molecule has 3 amide bonds. The van der Waals surface area contributed by atoms with Crippen molar-refractivity contribution in [3.63, 3.8) is 0 Å². The zero-order valence-corrected chi connectivity index (χ0v) is 9.89. The molecule has 0 radical (unpaired) electrons. The third-order valence-electron chi connectivity index (χ3n) is 3.10. The maximum absolute atomic E-state index is 11.1. The summed E-state index contributed by atoms with van der Waals surface area (Å²) in [5, 5.41) is 6.35. The molecule has 0 saturated carbocycles. The van der Waals surface area contributed by atoms with Gasteiger partial charge in [0.05, 0.1) is 12.1 Å². The van der Waals surface area contributed by atoms with E-state index < -0.39 is 0 Å². The molecule has 2 aliphatic heterocycles. The minimum atomic E-state index is -0.229. The van der Waals surface area contributed by atoms with Crippen LogP contribution >= 0.6 is 11.8 Å². The van der Waals surface area contributed by atoms with Crippen molar-refractivity contribution in [2.45, 2.75) is 43.0 Å². The standard InChI is InChI=1S/C10H17N3O2S/c11-8(14)4-2-1-3-7-9-6(5-16-7)12-10(15)13-9/h6-7,9H,1-5H2,(H2,11,14)(H2,12,13,15)/t6?,7-,9-/m0/s1. The molecule has 0 bridgehead atoms. The summed E-state index contributed by atoms with van der Waals surface area (Å²) >= 11 is 1.90. The number of thioether (sulfide) groups is 1. The summed E-state index contributed by atoms with van der Waals surface area (Å²) < 4.78 is 0. The number of amides is 3. The fraction of sp³-hybridized carbons (Fsp3) is 0.800. The molecule has 1 unspecified atom stereocenters.